The predicted molar refractivity (Wildman–Crippen MR) is 140 cm³/mol. The lowest BCUT2D eigenvalue weighted by molar-refractivity contribution is 0.0706. The van der Waals surface area contributed by atoms with Gasteiger partial charge in [-0.15, -0.1) is 0 Å². The second-order valence-corrected chi connectivity index (χ2v) is 9.48. The standard InChI is InChI=1S/C26H27IN4O3/c27-23-7-4-8-24(17-23)31(19-21-9-11-22(12-10-21)25(32)28-34)26(33)30-15-13-29(14-16-30)18-20-5-2-1-3-6-20/h1-12,17,34H,13-16,18-19H2,(H,28,32). The number of hydrogen-bond acceptors (Lipinski definition) is 4. The molecule has 1 aliphatic rings. The highest BCUT2D eigenvalue weighted by Gasteiger charge is 2.26. The van der Waals surface area contributed by atoms with Gasteiger partial charge in [0.2, 0.25) is 0 Å². The zero-order chi connectivity index (χ0) is 23.9. The quantitative estimate of drug-likeness (QED) is 0.263. The Hall–Kier alpha value is -2.95. The molecule has 0 atom stereocenters. The summed E-state index contributed by atoms with van der Waals surface area (Å²) in [6, 6.07) is 25.1. The molecule has 0 aliphatic carbocycles. The number of anilines is 1. The summed E-state index contributed by atoms with van der Waals surface area (Å²) in [5.74, 6) is -0.564. The average Bonchev–Trinajstić information content (AvgIpc) is 2.88. The van der Waals surface area contributed by atoms with E-state index in [0.717, 1.165) is 34.5 Å². The number of halogens is 1. The number of carbonyl (C=O) groups is 2. The first-order chi connectivity index (χ1) is 16.5. The molecule has 3 aromatic carbocycles. The topological polar surface area (TPSA) is 76.1 Å². The van der Waals surface area contributed by atoms with Crippen LogP contribution in [0.2, 0.25) is 0 Å². The normalized spacial score (nSPS) is 14.0. The summed E-state index contributed by atoms with van der Waals surface area (Å²) in [5.41, 5.74) is 5.00. The molecule has 3 aromatic rings. The lowest BCUT2D eigenvalue weighted by Gasteiger charge is -2.37. The maximum Gasteiger partial charge on any atom is 0.324 e. The van der Waals surface area contributed by atoms with Gasteiger partial charge in [0.05, 0.1) is 6.54 Å². The van der Waals surface area contributed by atoms with Crippen molar-refractivity contribution < 1.29 is 14.8 Å². The fraction of sp³-hybridized carbons (Fsp3) is 0.231. The second kappa shape index (κ2) is 11.5. The number of nitrogens with zero attached hydrogens (tertiary/aromatic N) is 3. The van der Waals surface area contributed by atoms with Crippen LogP contribution in [0.1, 0.15) is 21.5 Å². The Morgan fingerprint density at radius 2 is 1.59 bits per heavy atom. The van der Waals surface area contributed by atoms with E-state index in [9.17, 15) is 9.59 Å². The van der Waals surface area contributed by atoms with Crippen LogP contribution in [-0.4, -0.2) is 53.1 Å². The minimum Gasteiger partial charge on any atom is -0.322 e. The number of carbonyl (C=O) groups excluding carboxylic acids is 2. The van der Waals surface area contributed by atoms with Crippen molar-refractivity contribution >= 4 is 40.2 Å². The molecule has 0 bridgehead atoms. The molecule has 0 spiro atoms. The summed E-state index contributed by atoms with van der Waals surface area (Å²) in [5, 5.41) is 8.83. The van der Waals surface area contributed by atoms with E-state index in [-0.39, 0.29) is 6.03 Å². The van der Waals surface area contributed by atoms with E-state index in [0.29, 0.717) is 25.2 Å². The van der Waals surface area contributed by atoms with E-state index in [1.54, 1.807) is 34.6 Å². The minimum atomic E-state index is -0.564. The molecule has 176 valence electrons. The molecule has 0 aromatic heterocycles. The highest BCUT2D eigenvalue weighted by Crippen LogP contribution is 2.23. The largest absolute Gasteiger partial charge is 0.324 e. The monoisotopic (exact) mass is 570 g/mol. The van der Waals surface area contributed by atoms with Crippen LogP contribution >= 0.6 is 22.6 Å². The number of nitrogens with one attached hydrogen (secondary N) is 1. The Labute approximate surface area is 213 Å². The maximum atomic E-state index is 13.6. The van der Waals surface area contributed by atoms with Crippen LogP contribution in [0, 0.1) is 3.57 Å². The van der Waals surface area contributed by atoms with Gasteiger partial charge < -0.3 is 4.90 Å². The lowest BCUT2D eigenvalue weighted by Crippen LogP contribution is -2.52. The molecule has 1 fully saturated rings. The van der Waals surface area contributed by atoms with Gasteiger partial charge >= 0.3 is 6.03 Å². The van der Waals surface area contributed by atoms with E-state index < -0.39 is 5.91 Å². The van der Waals surface area contributed by atoms with Crippen molar-refractivity contribution in [1.29, 1.82) is 0 Å². The maximum absolute atomic E-state index is 13.6. The van der Waals surface area contributed by atoms with Gasteiger partial charge in [-0.2, -0.15) is 0 Å². The lowest BCUT2D eigenvalue weighted by atomic mass is 10.1. The molecule has 1 aliphatic heterocycles. The molecule has 3 amide bonds. The van der Waals surface area contributed by atoms with Crippen LogP contribution in [0.25, 0.3) is 0 Å². The van der Waals surface area contributed by atoms with E-state index in [1.807, 2.05) is 35.2 Å². The van der Waals surface area contributed by atoms with Gasteiger partial charge in [0.15, 0.2) is 0 Å². The number of piperazine rings is 1. The molecule has 4 rings (SSSR count). The van der Waals surface area contributed by atoms with Gasteiger partial charge in [-0.25, -0.2) is 10.3 Å². The highest BCUT2D eigenvalue weighted by atomic mass is 127. The Bertz CT molecular complexity index is 1120. The van der Waals surface area contributed by atoms with Gasteiger partial charge in [0, 0.05) is 47.5 Å². The van der Waals surface area contributed by atoms with Crippen LogP contribution in [-0.2, 0) is 13.1 Å². The van der Waals surface area contributed by atoms with Crippen LogP contribution in [0.3, 0.4) is 0 Å². The number of amides is 3. The van der Waals surface area contributed by atoms with Crippen LogP contribution < -0.4 is 10.4 Å². The molecule has 1 heterocycles. The van der Waals surface area contributed by atoms with Crippen molar-refractivity contribution in [2.24, 2.45) is 0 Å². The Morgan fingerprint density at radius 1 is 0.882 bits per heavy atom. The molecule has 1 saturated heterocycles. The van der Waals surface area contributed by atoms with Crippen molar-refractivity contribution in [3.8, 4) is 0 Å². The number of hydroxylamine groups is 1. The van der Waals surface area contributed by atoms with Crippen LogP contribution in [0.5, 0.6) is 0 Å². The molecule has 0 unspecified atom stereocenters. The van der Waals surface area contributed by atoms with Gasteiger partial charge in [0.25, 0.3) is 5.91 Å². The molecular weight excluding hydrogens is 543 g/mol. The molecule has 0 radical (unpaired) electrons. The third kappa shape index (κ3) is 6.13. The zero-order valence-electron chi connectivity index (χ0n) is 18.7. The first-order valence-corrected chi connectivity index (χ1v) is 12.2. The Morgan fingerprint density at radius 3 is 2.24 bits per heavy atom. The van der Waals surface area contributed by atoms with Crippen molar-refractivity contribution in [3.63, 3.8) is 0 Å². The van der Waals surface area contributed by atoms with Gasteiger partial charge in [-0.1, -0.05) is 48.5 Å². The number of urea groups is 1. The molecule has 8 heteroatoms. The van der Waals surface area contributed by atoms with E-state index in [4.69, 9.17) is 5.21 Å². The van der Waals surface area contributed by atoms with E-state index in [2.05, 4.69) is 51.8 Å². The summed E-state index contributed by atoms with van der Waals surface area (Å²) >= 11 is 2.25. The van der Waals surface area contributed by atoms with Gasteiger partial charge in [-0.3, -0.25) is 19.8 Å². The van der Waals surface area contributed by atoms with E-state index in [1.165, 1.54) is 5.56 Å². The molecule has 2 N–H and O–H groups in total. The third-order valence-corrected chi connectivity index (χ3v) is 6.57. The predicted octanol–water partition coefficient (Wildman–Crippen LogP) is 4.35. The smallest absolute Gasteiger partial charge is 0.322 e. The number of hydrogen-bond donors (Lipinski definition) is 2. The third-order valence-electron chi connectivity index (χ3n) is 5.90. The molecule has 7 nitrogen and oxygen atoms in total. The summed E-state index contributed by atoms with van der Waals surface area (Å²) in [6.07, 6.45) is 0. The molecule has 0 saturated carbocycles. The van der Waals surface area contributed by atoms with Crippen molar-refractivity contribution in [2.45, 2.75) is 13.1 Å². The molecular formula is C26H27IN4O3. The summed E-state index contributed by atoms with van der Waals surface area (Å²) in [7, 11) is 0. The fourth-order valence-electron chi connectivity index (χ4n) is 4.03. The minimum absolute atomic E-state index is 0.0291. The van der Waals surface area contributed by atoms with Crippen LogP contribution in [0.15, 0.2) is 78.9 Å². The van der Waals surface area contributed by atoms with Gasteiger partial charge in [-0.05, 0) is 64.0 Å². The Kier molecular flexibility index (Phi) is 8.15. The van der Waals surface area contributed by atoms with Crippen molar-refractivity contribution in [2.75, 3.05) is 31.1 Å². The van der Waals surface area contributed by atoms with E-state index >= 15 is 0 Å². The highest BCUT2D eigenvalue weighted by molar-refractivity contribution is 14.1. The Balaban J connectivity index is 1.47. The first-order valence-electron chi connectivity index (χ1n) is 11.1. The van der Waals surface area contributed by atoms with Crippen molar-refractivity contribution in [1.82, 2.24) is 15.3 Å². The zero-order valence-corrected chi connectivity index (χ0v) is 20.9. The average molecular weight is 570 g/mol. The number of benzene rings is 3. The summed E-state index contributed by atoms with van der Waals surface area (Å²) in [4.78, 5) is 31.3. The SMILES string of the molecule is O=C(NO)c1ccc(CN(C(=O)N2CCN(Cc3ccccc3)CC2)c2cccc(I)c2)cc1. The van der Waals surface area contributed by atoms with Crippen molar-refractivity contribution in [3.05, 3.63) is 99.1 Å². The number of rotatable bonds is 6. The van der Waals surface area contributed by atoms with Gasteiger partial charge in [0.1, 0.15) is 0 Å². The fourth-order valence-corrected chi connectivity index (χ4v) is 4.56. The first kappa shape index (κ1) is 24.2. The van der Waals surface area contributed by atoms with Crippen LogP contribution in [0.4, 0.5) is 10.5 Å². The summed E-state index contributed by atoms with van der Waals surface area (Å²) in [6.45, 7) is 4.25. The summed E-state index contributed by atoms with van der Waals surface area (Å²) < 4.78 is 1.05. The molecule has 34 heavy (non-hydrogen) atoms. The second-order valence-electron chi connectivity index (χ2n) is 8.24.